The third-order valence-corrected chi connectivity index (χ3v) is 5.71. The quantitative estimate of drug-likeness (QED) is 0.498. The van der Waals surface area contributed by atoms with Crippen molar-refractivity contribution in [3.63, 3.8) is 0 Å². The minimum atomic E-state index is -1.02. The largest absolute Gasteiger partial charge is 0.445 e. The zero-order chi connectivity index (χ0) is 25.9. The Morgan fingerprint density at radius 2 is 1.92 bits per heavy atom. The van der Waals surface area contributed by atoms with Gasteiger partial charge in [0.05, 0.1) is 6.04 Å². The molecule has 2 bridgehead atoms. The Morgan fingerprint density at radius 1 is 1.14 bits per heavy atom. The van der Waals surface area contributed by atoms with E-state index in [9.17, 15) is 19.2 Å². The summed E-state index contributed by atoms with van der Waals surface area (Å²) >= 11 is 0. The van der Waals surface area contributed by atoms with Gasteiger partial charge in [0.25, 0.3) is 5.91 Å². The lowest BCUT2D eigenvalue weighted by molar-refractivity contribution is -0.140. The number of aryl methyl sites for hydroxylation is 1. The third-order valence-electron chi connectivity index (χ3n) is 5.71. The van der Waals surface area contributed by atoms with Crippen LogP contribution in [0.5, 0.6) is 0 Å². The van der Waals surface area contributed by atoms with Gasteiger partial charge in [0, 0.05) is 24.9 Å². The molecule has 2 atom stereocenters. The molecule has 0 fully saturated rings. The molecule has 192 valence electrons. The van der Waals surface area contributed by atoms with Gasteiger partial charge < -0.3 is 20.7 Å². The molecule has 0 radical (unpaired) electrons. The minimum Gasteiger partial charge on any atom is -0.445 e. The molecule has 1 aromatic heterocycles. The highest BCUT2D eigenvalue weighted by Gasteiger charge is 2.30. The fourth-order valence-corrected chi connectivity index (χ4v) is 3.87. The first-order chi connectivity index (χ1) is 17.3. The molecule has 36 heavy (non-hydrogen) atoms. The Labute approximate surface area is 210 Å². The molecule has 10 heteroatoms. The van der Waals surface area contributed by atoms with E-state index >= 15 is 0 Å². The van der Waals surface area contributed by atoms with Crippen molar-refractivity contribution in [2.45, 2.75) is 64.6 Å². The van der Waals surface area contributed by atoms with E-state index in [2.05, 4.69) is 25.9 Å². The van der Waals surface area contributed by atoms with E-state index in [1.807, 2.05) is 50.2 Å². The zero-order valence-corrected chi connectivity index (χ0v) is 20.7. The molecule has 0 saturated carbocycles. The number of carbonyl (C=O) groups excluding carboxylic acids is 4. The Hall–Kier alpha value is -3.82. The molecule has 1 aromatic carbocycles. The Bertz CT molecular complexity index is 1060. The summed E-state index contributed by atoms with van der Waals surface area (Å²) in [5, 5.41) is 7.87. The van der Waals surface area contributed by atoms with E-state index in [1.54, 1.807) is 6.20 Å². The number of fused-ring (bicyclic) bond motifs is 2. The van der Waals surface area contributed by atoms with Crippen molar-refractivity contribution in [1.82, 2.24) is 25.9 Å². The number of amides is 3. The van der Waals surface area contributed by atoms with Crippen LogP contribution in [-0.2, 0) is 38.6 Å². The minimum absolute atomic E-state index is 0.0642. The molecule has 3 rings (SSSR count). The number of hydrogen-bond acceptors (Lipinski definition) is 7. The van der Waals surface area contributed by atoms with E-state index in [0.717, 1.165) is 11.3 Å². The fraction of sp³-hybridized carbons (Fsp3) is 0.462. The summed E-state index contributed by atoms with van der Waals surface area (Å²) in [6.45, 7) is 4.11. The molecular formula is C26H33N5O5. The average molecular weight is 496 g/mol. The summed E-state index contributed by atoms with van der Waals surface area (Å²) in [6, 6.07) is 9.07. The summed E-state index contributed by atoms with van der Waals surface area (Å²) in [6.07, 6.45) is 3.04. The van der Waals surface area contributed by atoms with Gasteiger partial charge in [-0.1, -0.05) is 44.2 Å². The number of nitrogens with zero attached hydrogens (tertiary/aromatic N) is 2. The van der Waals surface area contributed by atoms with Crippen LogP contribution >= 0.6 is 0 Å². The van der Waals surface area contributed by atoms with Gasteiger partial charge in [0.2, 0.25) is 11.7 Å². The van der Waals surface area contributed by atoms with Crippen molar-refractivity contribution in [3.8, 4) is 0 Å². The van der Waals surface area contributed by atoms with Crippen LogP contribution < -0.4 is 16.0 Å². The van der Waals surface area contributed by atoms with Crippen molar-refractivity contribution in [2.24, 2.45) is 5.92 Å². The molecular weight excluding hydrogens is 462 g/mol. The van der Waals surface area contributed by atoms with E-state index < -0.39 is 35.8 Å². The lowest BCUT2D eigenvalue weighted by Gasteiger charge is -2.24. The molecule has 2 unspecified atom stereocenters. The first kappa shape index (κ1) is 26.8. The number of rotatable bonds is 7. The normalized spacial score (nSPS) is 17.2. The van der Waals surface area contributed by atoms with Crippen LogP contribution in [0.4, 0.5) is 4.79 Å². The Kier molecular flexibility index (Phi) is 9.91. The van der Waals surface area contributed by atoms with Crippen molar-refractivity contribution in [1.29, 1.82) is 0 Å². The SMILES string of the molecule is CC(C)CC(NC(=O)OCc1ccccc1)C(=O)NC1CCCc2ccnc(n2)CCNC(=O)C1=O. The predicted octanol–water partition coefficient (Wildman–Crippen LogP) is 1.87. The summed E-state index contributed by atoms with van der Waals surface area (Å²) in [4.78, 5) is 59.5. The van der Waals surface area contributed by atoms with Gasteiger partial charge in [-0.2, -0.15) is 0 Å². The number of ether oxygens (including phenoxy) is 1. The van der Waals surface area contributed by atoms with Crippen LogP contribution in [0.3, 0.4) is 0 Å². The molecule has 1 aliphatic heterocycles. The Balaban J connectivity index is 1.65. The number of Topliss-reactive ketones (excluding diaryl/α,β-unsaturated/α-hetero) is 1. The second-order valence-corrected chi connectivity index (χ2v) is 9.18. The van der Waals surface area contributed by atoms with Gasteiger partial charge in [0.15, 0.2) is 0 Å². The second-order valence-electron chi connectivity index (χ2n) is 9.18. The van der Waals surface area contributed by atoms with Gasteiger partial charge in [-0.3, -0.25) is 14.4 Å². The summed E-state index contributed by atoms with van der Waals surface area (Å²) in [5.41, 5.74) is 1.66. The van der Waals surface area contributed by atoms with E-state index in [0.29, 0.717) is 31.5 Å². The van der Waals surface area contributed by atoms with Gasteiger partial charge in [-0.25, -0.2) is 14.8 Å². The van der Waals surface area contributed by atoms with Crippen molar-refractivity contribution in [3.05, 3.63) is 59.7 Å². The summed E-state index contributed by atoms with van der Waals surface area (Å²) in [7, 11) is 0. The fourth-order valence-electron chi connectivity index (χ4n) is 3.87. The number of hydrogen-bond donors (Lipinski definition) is 3. The lowest BCUT2D eigenvalue weighted by Crippen LogP contribution is -2.54. The monoisotopic (exact) mass is 495 g/mol. The molecule has 10 nitrogen and oxygen atoms in total. The highest BCUT2D eigenvalue weighted by molar-refractivity contribution is 6.38. The molecule has 2 heterocycles. The first-order valence-corrected chi connectivity index (χ1v) is 12.2. The summed E-state index contributed by atoms with van der Waals surface area (Å²) in [5.74, 6) is -1.34. The van der Waals surface area contributed by atoms with E-state index in [4.69, 9.17) is 4.74 Å². The highest BCUT2D eigenvalue weighted by atomic mass is 16.5. The topological polar surface area (TPSA) is 139 Å². The highest BCUT2D eigenvalue weighted by Crippen LogP contribution is 2.11. The molecule has 0 spiro atoms. The molecule has 1 aliphatic rings. The van der Waals surface area contributed by atoms with Crippen molar-refractivity contribution >= 4 is 23.7 Å². The standard InChI is InChI=1S/C26H33N5O5/c1-17(2)15-21(31-26(35)36-16-18-7-4-3-5-8-18)24(33)30-20-10-6-9-19-11-13-27-22(29-19)12-14-28-25(34)23(20)32/h3-5,7-8,11,13,17,20-21H,6,9-10,12,14-16H2,1-2H3,(H,28,34)(H,30,33)(H,31,35). The molecule has 3 amide bonds. The molecule has 3 N–H and O–H groups in total. The first-order valence-electron chi connectivity index (χ1n) is 12.2. The third kappa shape index (κ3) is 8.44. The lowest BCUT2D eigenvalue weighted by atomic mass is 10.00. The molecule has 0 aliphatic carbocycles. The number of nitrogens with one attached hydrogen (secondary N) is 3. The maximum atomic E-state index is 13.1. The number of benzene rings is 1. The Morgan fingerprint density at radius 3 is 2.67 bits per heavy atom. The van der Waals surface area contributed by atoms with Crippen LogP contribution in [0.25, 0.3) is 0 Å². The molecule has 0 saturated heterocycles. The van der Waals surface area contributed by atoms with Crippen molar-refractivity contribution < 1.29 is 23.9 Å². The van der Waals surface area contributed by atoms with Crippen LogP contribution in [0, 0.1) is 5.92 Å². The van der Waals surface area contributed by atoms with Crippen molar-refractivity contribution in [2.75, 3.05) is 6.54 Å². The van der Waals surface area contributed by atoms with Crippen LogP contribution in [0.15, 0.2) is 42.6 Å². The van der Waals surface area contributed by atoms with E-state index in [1.165, 1.54) is 0 Å². The van der Waals surface area contributed by atoms with Gasteiger partial charge >= 0.3 is 6.09 Å². The number of alkyl carbamates (subject to hydrolysis) is 1. The van der Waals surface area contributed by atoms with Crippen LogP contribution in [-0.4, -0.2) is 52.3 Å². The van der Waals surface area contributed by atoms with Crippen LogP contribution in [0.1, 0.15) is 50.2 Å². The number of ketones is 1. The van der Waals surface area contributed by atoms with E-state index in [-0.39, 0.29) is 25.5 Å². The number of aromatic nitrogens is 2. The average Bonchev–Trinajstić information content (AvgIpc) is 2.86. The number of carbonyl (C=O) groups is 4. The van der Waals surface area contributed by atoms with Crippen LogP contribution in [0.2, 0.25) is 0 Å². The predicted molar refractivity (Wildman–Crippen MR) is 132 cm³/mol. The molecule has 2 aromatic rings. The maximum absolute atomic E-state index is 13.1. The second kappa shape index (κ2) is 13.3. The maximum Gasteiger partial charge on any atom is 0.408 e. The van der Waals surface area contributed by atoms with Gasteiger partial charge in [-0.05, 0) is 43.2 Å². The summed E-state index contributed by atoms with van der Waals surface area (Å²) < 4.78 is 5.26. The smallest absolute Gasteiger partial charge is 0.408 e. The van der Waals surface area contributed by atoms with Gasteiger partial charge in [0.1, 0.15) is 18.5 Å². The van der Waals surface area contributed by atoms with Gasteiger partial charge in [-0.15, -0.1) is 0 Å². The zero-order valence-electron chi connectivity index (χ0n) is 20.7.